The summed E-state index contributed by atoms with van der Waals surface area (Å²) in [6, 6.07) is 9.89. The van der Waals surface area contributed by atoms with Crippen LogP contribution in [-0.2, 0) is 11.3 Å². The van der Waals surface area contributed by atoms with Crippen LogP contribution in [0.25, 0.3) is 11.4 Å². The van der Waals surface area contributed by atoms with Gasteiger partial charge in [-0.3, -0.25) is 10.1 Å². The van der Waals surface area contributed by atoms with E-state index in [4.69, 9.17) is 0 Å². The van der Waals surface area contributed by atoms with E-state index in [0.29, 0.717) is 5.13 Å². The number of carbonyl (C=O) groups is 1. The third-order valence-electron chi connectivity index (χ3n) is 3.17. The lowest BCUT2D eigenvalue weighted by Gasteiger charge is -2.07. The Bertz CT molecular complexity index is 830. The van der Waals surface area contributed by atoms with Crippen LogP contribution < -0.4 is 5.32 Å². The molecule has 124 valence electrons. The van der Waals surface area contributed by atoms with Crippen LogP contribution in [0.2, 0.25) is 0 Å². The number of aryl methyl sites for hydroxylation is 1. The topological polar surface area (TPSA) is 85.6 Å². The summed E-state index contributed by atoms with van der Waals surface area (Å²) in [6.45, 7) is 4.61. The highest BCUT2D eigenvalue weighted by Crippen LogP contribution is 2.24. The van der Waals surface area contributed by atoms with Crippen molar-refractivity contribution in [2.45, 2.75) is 25.5 Å². The maximum absolute atomic E-state index is 12.0. The highest BCUT2D eigenvalue weighted by molar-refractivity contribution is 7.99. The summed E-state index contributed by atoms with van der Waals surface area (Å²) in [6.07, 6.45) is 0. The standard InChI is InChI=1S/C15H16N6OS2/c1-3-21-13(11-7-5-4-6-8-11)18-20-15(21)23-9-12(22)16-14-19-17-10(2)24-14/h4-8H,3,9H2,1-2H3,(H,16,19,22). The first kappa shape index (κ1) is 16.6. The van der Waals surface area contributed by atoms with E-state index in [1.165, 1.54) is 23.1 Å². The van der Waals surface area contributed by atoms with E-state index in [9.17, 15) is 4.79 Å². The number of hydrogen-bond acceptors (Lipinski definition) is 7. The highest BCUT2D eigenvalue weighted by Gasteiger charge is 2.15. The van der Waals surface area contributed by atoms with E-state index in [-0.39, 0.29) is 11.7 Å². The smallest absolute Gasteiger partial charge is 0.236 e. The van der Waals surface area contributed by atoms with Crippen molar-refractivity contribution in [1.29, 1.82) is 0 Å². The largest absolute Gasteiger partial charge is 0.302 e. The zero-order chi connectivity index (χ0) is 16.9. The highest BCUT2D eigenvalue weighted by atomic mass is 32.2. The van der Waals surface area contributed by atoms with Crippen LogP contribution in [0, 0.1) is 6.92 Å². The van der Waals surface area contributed by atoms with Gasteiger partial charge in [0.2, 0.25) is 11.0 Å². The fourth-order valence-electron chi connectivity index (χ4n) is 2.11. The number of benzene rings is 1. The second-order valence-corrected chi connectivity index (χ2v) is 7.00. The Morgan fingerprint density at radius 1 is 1.21 bits per heavy atom. The van der Waals surface area contributed by atoms with Crippen LogP contribution in [0.1, 0.15) is 11.9 Å². The van der Waals surface area contributed by atoms with Crippen molar-refractivity contribution in [3.8, 4) is 11.4 Å². The quantitative estimate of drug-likeness (QED) is 0.680. The van der Waals surface area contributed by atoms with Gasteiger partial charge in [-0.2, -0.15) is 0 Å². The minimum atomic E-state index is -0.136. The Hall–Kier alpha value is -2.26. The monoisotopic (exact) mass is 360 g/mol. The number of nitrogens with one attached hydrogen (secondary N) is 1. The summed E-state index contributed by atoms with van der Waals surface area (Å²) in [5, 5.41) is 21.0. The Morgan fingerprint density at radius 2 is 2.00 bits per heavy atom. The minimum Gasteiger partial charge on any atom is -0.302 e. The zero-order valence-electron chi connectivity index (χ0n) is 13.3. The number of rotatable bonds is 6. The van der Waals surface area contributed by atoms with Crippen LogP contribution in [0.5, 0.6) is 0 Å². The molecule has 9 heteroatoms. The summed E-state index contributed by atoms with van der Waals surface area (Å²) >= 11 is 2.71. The van der Waals surface area contributed by atoms with Crippen molar-refractivity contribution < 1.29 is 4.79 Å². The van der Waals surface area contributed by atoms with Crippen molar-refractivity contribution in [1.82, 2.24) is 25.0 Å². The first-order valence-corrected chi connectivity index (χ1v) is 9.19. The van der Waals surface area contributed by atoms with Crippen molar-refractivity contribution in [2.75, 3.05) is 11.1 Å². The van der Waals surface area contributed by atoms with Crippen molar-refractivity contribution in [3.05, 3.63) is 35.3 Å². The molecule has 0 fully saturated rings. The van der Waals surface area contributed by atoms with E-state index in [0.717, 1.165) is 28.1 Å². The van der Waals surface area contributed by atoms with Crippen molar-refractivity contribution >= 4 is 34.1 Å². The third-order valence-corrected chi connectivity index (χ3v) is 4.89. The van der Waals surface area contributed by atoms with Crippen LogP contribution >= 0.6 is 23.1 Å². The van der Waals surface area contributed by atoms with Gasteiger partial charge in [-0.15, -0.1) is 20.4 Å². The van der Waals surface area contributed by atoms with E-state index < -0.39 is 0 Å². The summed E-state index contributed by atoms with van der Waals surface area (Å²) in [7, 11) is 0. The first-order chi connectivity index (χ1) is 11.7. The van der Waals surface area contributed by atoms with E-state index in [1.54, 1.807) is 0 Å². The molecule has 2 aromatic heterocycles. The van der Waals surface area contributed by atoms with Gasteiger partial charge in [0.25, 0.3) is 0 Å². The Morgan fingerprint density at radius 3 is 2.67 bits per heavy atom. The fraction of sp³-hybridized carbons (Fsp3) is 0.267. The summed E-state index contributed by atoms with van der Waals surface area (Å²) in [5.41, 5.74) is 1.01. The molecule has 0 bridgehead atoms. The minimum absolute atomic E-state index is 0.136. The van der Waals surface area contributed by atoms with Gasteiger partial charge in [-0.25, -0.2) is 0 Å². The average molecular weight is 360 g/mol. The van der Waals surface area contributed by atoms with Gasteiger partial charge in [0.05, 0.1) is 5.75 Å². The number of anilines is 1. The first-order valence-electron chi connectivity index (χ1n) is 7.38. The molecule has 0 spiro atoms. The lowest BCUT2D eigenvalue weighted by atomic mass is 10.2. The fourth-order valence-corrected chi connectivity index (χ4v) is 3.52. The molecule has 0 aliphatic carbocycles. The number of nitrogens with zero attached hydrogens (tertiary/aromatic N) is 5. The molecule has 0 atom stereocenters. The van der Waals surface area contributed by atoms with Gasteiger partial charge in [0.1, 0.15) is 5.01 Å². The molecule has 7 nitrogen and oxygen atoms in total. The number of amides is 1. The number of thioether (sulfide) groups is 1. The molecule has 3 aromatic rings. The molecule has 0 saturated heterocycles. The molecule has 1 amide bonds. The van der Waals surface area contributed by atoms with E-state index in [1.807, 2.05) is 48.7 Å². The molecule has 24 heavy (non-hydrogen) atoms. The van der Waals surface area contributed by atoms with Crippen LogP contribution in [0.15, 0.2) is 35.5 Å². The number of aromatic nitrogens is 5. The maximum atomic E-state index is 12.0. The number of carbonyl (C=O) groups excluding carboxylic acids is 1. The van der Waals surface area contributed by atoms with Gasteiger partial charge in [-0.05, 0) is 13.8 Å². The Labute approximate surface area is 147 Å². The molecule has 0 aliphatic heterocycles. The Balaban J connectivity index is 1.67. The second-order valence-electron chi connectivity index (χ2n) is 4.88. The van der Waals surface area contributed by atoms with E-state index >= 15 is 0 Å². The molecule has 1 aromatic carbocycles. The summed E-state index contributed by atoms with van der Waals surface area (Å²) in [5.74, 6) is 0.912. The second kappa shape index (κ2) is 7.54. The van der Waals surface area contributed by atoms with Crippen molar-refractivity contribution in [2.24, 2.45) is 0 Å². The molecule has 1 N–H and O–H groups in total. The normalized spacial score (nSPS) is 10.8. The van der Waals surface area contributed by atoms with Gasteiger partial charge in [-0.1, -0.05) is 53.4 Å². The third kappa shape index (κ3) is 3.80. The molecular weight excluding hydrogens is 344 g/mol. The van der Waals surface area contributed by atoms with Gasteiger partial charge in [0, 0.05) is 12.1 Å². The zero-order valence-corrected chi connectivity index (χ0v) is 14.9. The average Bonchev–Trinajstić information content (AvgIpc) is 3.19. The maximum Gasteiger partial charge on any atom is 0.236 e. The lowest BCUT2D eigenvalue weighted by molar-refractivity contribution is -0.113. The van der Waals surface area contributed by atoms with Crippen molar-refractivity contribution in [3.63, 3.8) is 0 Å². The Kier molecular flexibility index (Phi) is 5.21. The molecule has 2 heterocycles. The van der Waals surface area contributed by atoms with Crippen LogP contribution in [0.3, 0.4) is 0 Å². The van der Waals surface area contributed by atoms with E-state index in [2.05, 4.69) is 25.7 Å². The molecule has 0 unspecified atom stereocenters. The number of hydrogen-bond donors (Lipinski definition) is 1. The van der Waals surface area contributed by atoms with Gasteiger partial charge in [0.15, 0.2) is 11.0 Å². The van der Waals surface area contributed by atoms with Gasteiger partial charge >= 0.3 is 0 Å². The molecule has 3 rings (SSSR count). The van der Waals surface area contributed by atoms with Crippen LogP contribution in [-0.4, -0.2) is 36.6 Å². The molecule has 0 radical (unpaired) electrons. The molecule has 0 saturated carbocycles. The summed E-state index contributed by atoms with van der Waals surface area (Å²) in [4.78, 5) is 12.0. The molecular formula is C15H16N6OS2. The van der Waals surface area contributed by atoms with Gasteiger partial charge < -0.3 is 4.57 Å². The predicted molar refractivity (Wildman–Crippen MR) is 95.1 cm³/mol. The van der Waals surface area contributed by atoms with Crippen LogP contribution in [0.4, 0.5) is 5.13 Å². The lowest BCUT2D eigenvalue weighted by Crippen LogP contribution is -2.14. The summed E-state index contributed by atoms with van der Waals surface area (Å²) < 4.78 is 2.00. The SMILES string of the molecule is CCn1c(SCC(=O)Nc2nnc(C)s2)nnc1-c1ccccc1. The predicted octanol–water partition coefficient (Wildman–Crippen LogP) is 2.86. The molecule has 0 aliphatic rings.